The van der Waals surface area contributed by atoms with Crippen LogP contribution >= 0.6 is 0 Å². The maximum Gasteiger partial charge on any atom is 0.416 e. The van der Waals surface area contributed by atoms with E-state index < -0.39 is 17.3 Å². The molecule has 0 aliphatic heterocycles. The van der Waals surface area contributed by atoms with Crippen LogP contribution in [-0.4, -0.2) is 30.9 Å². The standard InChI is InChI=1S/C12H13F3N4O/c1-11(2,20)7-19-17-10(16-18-19)8-4-3-5-9(6-8)12(13,14)15/h3-6,20H,7H2,1-2H3. The number of alkyl halides is 3. The fourth-order valence-electron chi connectivity index (χ4n) is 1.61. The number of tetrazole rings is 1. The molecule has 0 unspecified atom stereocenters. The summed E-state index contributed by atoms with van der Waals surface area (Å²) in [5, 5.41) is 21.0. The molecule has 1 heterocycles. The molecule has 2 rings (SSSR count). The predicted octanol–water partition coefficient (Wildman–Crippen LogP) is 2.13. The lowest BCUT2D eigenvalue weighted by molar-refractivity contribution is -0.137. The SMILES string of the molecule is CC(C)(O)Cn1nnc(-c2cccc(C(F)(F)F)c2)n1. The molecule has 20 heavy (non-hydrogen) atoms. The van der Waals surface area contributed by atoms with Gasteiger partial charge in [-0.25, -0.2) is 0 Å². The number of benzene rings is 1. The number of hydrogen-bond donors (Lipinski definition) is 1. The van der Waals surface area contributed by atoms with E-state index in [-0.39, 0.29) is 17.9 Å². The summed E-state index contributed by atoms with van der Waals surface area (Å²) < 4.78 is 37.8. The van der Waals surface area contributed by atoms with Gasteiger partial charge in [0.2, 0.25) is 5.82 Å². The Kier molecular flexibility index (Phi) is 3.51. The van der Waals surface area contributed by atoms with E-state index in [1.165, 1.54) is 12.1 Å². The van der Waals surface area contributed by atoms with Crippen LogP contribution in [0, 0.1) is 0 Å². The number of aliphatic hydroxyl groups is 1. The summed E-state index contributed by atoms with van der Waals surface area (Å²) in [4.78, 5) is 1.15. The maximum absolute atomic E-state index is 12.6. The van der Waals surface area contributed by atoms with Gasteiger partial charge in [0.1, 0.15) is 0 Å². The normalized spacial score (nSPS) is 12.7. The molecule has 0 aliphatic rings. The van der Waals surface area contributed by atoms with Crippen LogP contribution in [0.25, 0.3) is 11.4 Å². The zero-order valence-electron chi connectivity index (χ0n) is 10.9. The highest BCUT2D eigenvalue weighted by molar-refractivity contribution is 5.55. The van der Waals surface area contributed by atoms with Gasteiger partial charge in [0.05, 0.1) is 17.7 Å². The summed E-state index contributed by atoms with van der Waals surface area (Å²) in [6, 6.07) is 4.70. The molecule has 0 spiro atoms. The molecule has 108 valence electrons. The molecule has 0 amide bonds. The summed E-state index contributed by atoms with van der Waals surface area (Å²) in [5.74, 6) is 0.0837. The minimum atomic E-state index is -4.42. The van der Waals surface area contributed by atoms with Gasteiger partial charge in [-0.05, 0) is 31.2 Å². The van der Waals surface area contributed by atoms with Crippen LogP contribution in [0.15, 0.2) is 24.3 Å². The first-order valence-corrected chi connectivity index (χ1v) is 5.83. The number of hydrogen-bond acceptors (Lipinski definition) is 4. The molecule has 2 aromatic rings. The molecule has 8 heteroatoms. The van der Waals surface area contributed by atoms with Gasteiger partial charge in [-0.2, -0.15) is 18.0 Å². The largest absolute Gasteiger partial charge is 0.416 e. The first-order chi connectivity index (χ1) is 9.15. The van der Waals surface area contributed by atoms with Gasteiger partial charge < -0.3 is 5.11 Å². The minimum absolute atomic E-state index is 0.0837. The van der Waals surface area contributed by atoms with Crippen molar-refractivity contribution in [2.75, 3.05) is 0 Å². The highest BCUT2D eigenvalue weighted by Gasteiger charge is 2.30. The number of halogens is 3. The van der Waals surface area contributed by atoms with Crippen molar-refractivity contribution in [2.24, 2.45) is 0 Å². The molecule has 1 aromatic carbocycles. The van der Waals surface area contributed by atoms with Gasteiger partial charge in [0.25, 0.3) is 0 Å². The first kappa shape index (κ1) is 14.4. The zero-order chi connectivity index (χ0) is 15.0. The van der Waals surface area contributed by atoms with E-state index in [9.17, 15) is 18.3 Å². The predicted molar refractivity (Wildman–Crippen MR) is 64.6 cm³/mol. The Labute approximate surface area is 113 Å². The quantitative estimate of drug-likeness (QED) is 0.938. The molecule has 0 radical (unpaired) electrons. The molecule has 0 aliphatic carbocycles. The van der Waals surface area contributed by atoms with E-state index in [0.717, 1.165) is 16.9 Å². The Balaban J connectivity index is 2.29. The third kappa shape index (κ3) is 3.53. The molecule has 0 saturated carbocycles. The summed E-state index contributed by atoms with van der Waals surface area (Å²) in [6.07, 6.45) is -4.42. The molecule has 0 saturated heterocycles. The average molecular weight is 286 g/mol. The zero-order valence-corrected chi connectivity index (χ0v) is 10.9. The lowest BCUT2D eigenvalue weighted by atomic mass is 10.1. The van der Waals surface area contributed by atoms with Gasteiger partial charge in [-0.15, -0.1) is 10.2 Å². The fourth-order valence-corrected chi connectivity index (χ4v) is 1.61. The van der Waals surface area contributed by atoms with E-state index in [2.05, 4.69) is 15.4 Å². The van der Waals surface area contributed by atoms with E-state index in [1.807, 2.05) is 0 Å². The Bertz CT molecular complexity index is 601. The lowest BCUT2D eigenvalue weighted by Crippen LogP contribution is -2.27. The Hall–Kier alpha value is -1.96. The van der Waals surface area contributed by atoms with E-state index in [4.69, 9.17) is 0 Å². The Morgan fingerprint density at radius 1 is 1.25 bits per heavy atom. The van der Waals surface area contributed by atoms with Crippen molar-refractivity contribution in [1.82, 2.24) is 20.2 Å². The third-order valence-corrected chi connectivity index (χ3v) is 2.43. The van der Waals surface area contributed by atoms with Crippen LogP contribution in [0.1, 0.15) is 19.4 Å². The highest BCUT2D eigenvalue weighted by atomic mass is 19.4. The topological polar surface area (TPSA) is 63.8 Å². The summed E-state index contributed by atoms with van der Waals surface area (Å²) in [7, 11) is 0. The van der Waals surface area contributed by atoms with Gasteiger partial charge in [0.15, 0.2) is 0 Å². The van der Waals surface area contributed by atoms with Crippen molar-refractivity contribution >= 4 is 0 Å². The lowest BCUT2D eigenvalue weighted by Gasteiger charge is -2.14. The van der Waals surface area contributed by atoms with Crippen LogP contribution in [0.3, 0.4) is 0 Å². The van der Waals surface area contributed by atoms with Crippen molar-refractivity contribution in [3.8, 4) is 11.4 Å². The monoisotopic (exact) mass is 286 g/mol. The van der Waals surface area contributed by atoms with Gasteiger partial charge >= 0.3 is 6.18 Å². The molecule has 0 bridgehead atoms. The van der Waals surface area contributed by atoms with E-state index in [1.54, 1.807) is 13.8 Å². The second-order valence-corrected chi connectivity index (χ2v) is 5.03. The van der Waals surface area contributed by atoms with Gasteiger partial charge in [-0.3, -0.25) is 0 Å². The Morgan fingerprint density at radius 2 is 1.95 bits per heavy atom. The van der Waals surface area contributed by atoms with Crippen molar-refractivity contribution < 1.29 is 18.3 Å². The van der Waals surface area contributed by atoms with Crippen molar-refractivity contribution in [3.63, 3.8) is 0 Å². The van der Waals surface area contributed by atoms with Crippen LogP contribution in [0.5, 0.6) is 0 Å². The van der Waals surface area contributed by atoms with Crippen LogP contribution in [-0.2, 0) is 12.7 Å². The second kappa shape index (κ2) is 4.86. The Morgan fingerprint density at radius 3 is 2.55 bits per heavy atom. The van der Waals surface area contributed by atoms with Gasteiger partial charge in [-0.1, -0.05) is 12.1 Å². The van der Waals surface area contributed by atoms with Crippen LogP contribution in [0.2, 0.25) is 0 Å². The molecular formula is C12H13F3N4O. The van der Waals surface area contributed by atoms with Gasteiger partial charge in [0, 0.05) is 5.56 Å². The molecule has 1 aromatic heterocycles. The molecule has 0 atom stereocenters. The van der Waals surface area contributed by atoms with Crippen molar-refractivity contribution in [3.05, 3.63) is 29.8 Å². The molecular weight excluding hydrogens is 273 g/mol. The van der Waals surface area contributed by atoms with Crippen molar-refractivity contribution in [1.29, 1.82) is 0 Å². The minimum Gasteiger partial charge on any atom is -0.388 e. The summed E-state index contributed by atoms with van der Waals surface area (Å²) in [5.41, 5.74) is -1.58. The van der Waals surface area contributed by atoms with E-state index >= 15 is 0 Å². The molecule has 1 N–H and O–H groups in total. The number of rotatable bonds is 3. The third-order valence-electron chi connectivity index (χ3n) is 2.43. The van der Waals surface area contributed by atoms with Crippen molar-refractivity contribution in [2.45, 2.75) is 32.2 Å². The van der Waals surface area contributed by atoms with E-state index in [0.29, 0.717) is 0 Å². The smallest absolute Gasteiger partial charge is 0.388 e. The number of nitrogens with zero attached hydrogens (tertiary/aromatic N) is 4. The molecule has 5 nitrogen and oxygen atoms in total. The number of aromatic nitrogens is 4. The summed E-state index contributed by atoms with van der Waals surface area (Å²) >= 11 is 0. The highest BCUT2D eigenvalue weighted by Crippen LogP contribution is 2.31. The first-order valence-electron chi connectivity index (χ1n) is 5.83. The average Bonchev–Trinajstić information content (AvgIpc) is 2.74. The fraction of sp³-hybridized carbons (Fsp3) is 0.417. The van der Waals surface area contributed by atoms with Crippen LogP contribution < -0.4 is 0 Å². The molecule has 0 fully saturated rings. The maximum atomic E-state index is 12.6. The van der Waals surface area contributed by atoms with Crippen LogP contribution in [0.4, 0.5) is 13.2 Å². The second-order valence-electron chi connectivity index (χ2n) is 5.03. The summed E-state index contributed by atoms with van der Waals surface area (Å²) in [6.45, 7) is 3.24.